The summed E-state index contributed by atoms with van der Waals surface area (Å²) in [6.45, 7) is 4.63. The van der Waals surface area contributed by atoms with Crippen LogP contribution in [0.1, 0.15) is 35.7 Å². The second-order valence-corrected chi connectivity index (χ2v) is 8.53. The van der Waals surface area contributed by atoms with Crippen molar-refractivity contribution < 1.29 is 22.3 Å². The molecule has 6 nitrogen and oxygen atoms in total. The molecule has 1 aliphatic heterocycles. The van der Waals surface area contributed by atoms with Gasteiger partial charge in [0.05, 0.1) is 6.61 Å². The van der Waals surface area contributed by atoms with E-state index in [0.717, 1.165) is 18.9 Å². The van der Waals surface area contributed by atoms with E-state index in [9.17, 15) is 17.6 Å². The number of nitrogens with zero attached hydrogens (tertiary/aromatic N) is 1. The lowest BCUT2D eigenvalue weighted by Crippen LogP contribution is -2.28. The number of benzene rings is 2. The molecule has 2 aromatic carbocycles. The van der Waals surface area contributed by atoms with Crippen molar-refractivity contribution in [3.8, 4) is 5.75 Å². The fourth-order valence-corrected chi connectivity index (χ4v) is 4.74. The fourth-order valence-electron chi connectivity index (χ4n) is 3.07. The van der Waals surface area contributed by atoms with Gasteiger partial charge in [-0.25, -0.2) is 12.8 Å². The second kappa shape index (κ2) is 8.28. The summed E-state index contributed by atoms with van der Waals surface area (Å²) in [6.07, 6.45) is 1.64. The van der Waals surface area contributed by atoms with E-state index in [1.165, 1.54) is 28.6 Å². The first-order valence-electron chi connectivity index (χ1n) is 9.17. The zero-order valence-corrected chi connectivity index (χ0v) is 16.7. The Morgan fingerprint density at radius 3 is 2.54 bits per heavy atom. The van der Waals surface area contributed by atoms with E-state index < -0.39 is 21.7 Å². The molecule has 0 spiro atoms. The molecule has 0 aliphatic carbocycles. The van der Waals surface area contributed by atoms with Gasteiger partial charge in [0.2, 0.25) is 10.0 Å². The van der Waals surface area contributed by atoms with Crippen LogP contribution in [0, 0.1) is 12.7 Å². The van der Waals surface area contributed by atoms with Gasteiger partial charge in [-0.15, -0.1) is 0 Å². The molecular formula is C20H23FN2O4S. The molecule has 0 radical (unpaired) electrons. The lowest BCUT2D eigenvalue weighted by atomic mass is 10.1. The van der Waals surface area contributed by atoms with Crippen molar-refractivity contribution in [3.05, 3.63) is 53.3 Å². The number of rotatable bonds is 6. The molecule has 1 amide bonds. The second-order valence-electron chi connectivity index (χ2n) is 6.62. The highest BCUT2D eigenvalue weighted by atomic mass is 32.2. The third-order valence-electron chi connectivity index (χ3n) is 4.62. The van der Waals surface area contributed by atoms with Crippen LogP contribution in [0.4, 0.5) is 10.1 Å². The van der Waals surface area contributed by atoms with Gasteiger partial charge in [0.1, 0.15) is 16.5 Å². The minimum absolute atomic E-state index is 0.0177. The van der Waals surface area contributed by atoms with Crippen LogP contribution >= 0.6 is 0 Å². The number of hydrogen-bond acceptors (Lipinski definition) is 4. The maximum Gasteiger partial charge on any atom is 0.255 e. The quantitative estimate of drug-likeness (QED) is 0.796. The van der Waals surface area contributed by atoms with E-state index >= 15 is 0 Å². The first kappa shape index (κ1) is 20.3. The third-order valence-corrected chi connectivity index (χ3v) is 6.54. The monoisotopic (exact) mass is 406 g/mol. The number of carbonyl (C=O) groups is 1. The van der Waals surface area contributed by atoms with E-state index in [1.807, 2.05) is 0 Å². The molecule has 150 valence electrons. The normalized spacial score (nSPS) is 14.8. The Kier molecular flexibility index (Phi) is 6.00. The van der Waals surface area contributed by atoms with Gasteiger partial charge >= 0.3 is 0 Å². The standard InChI is InChI=1S/C20H23FN2O4S/c1-3-27-18-9-8-16(13-19(18)28(25,26)23-10-4-5-11-23)22-20(24)15-7-6-14(2)17(21)12-15/h6-9,12-13H,3-5,10-11H2,1-2H3,(H,22,24). The maximum absolute atomic E-state index is 13.7. The van der Waals surface area contributed by atoms with Crippen LogP contribution in [0.15, 0.2) is 41.3 Å². The minimum Gasteiger partial charge on any atom is -0.492 e. The van der Waals surface area contributed by atoms with Crippen LogP contribution in [-0.2, 0) is 10.0 Å². The highest BCUT2D eigenvalue weighted by molar-refractivity contribution is 7.89. The number of ether oxygens (including phenoxy) is 1. The summed E-state index contributed by atoms with van der Waals surface area (Å²) in [5.41, 5.74) is 0.893. The van der Waals surface area contributed by atoms with Crippen LogP contribution in [0.2, 0.25) is 0 Å². The fraction of sp³-hybridized carbons (Fsp3) is 0.350. The molecule has 3 rings (SSSR count). The first-order valence-corrected chi connectivity index (χ1v) is 10.6. The van der Waals surface area contributed by atoms with E-state index in [0.29, 0.717) is 30.9 Å². The molecule has 2 aromatic rings. The minimum atomic E-state index is -3.73. The number of sulfonamides is 1. The third kappa shape index (κ3) is 4.18. The molecule has 1 aliphatic rings. The average molecular weight is 406 g/mol. The molecule has 1 saturated heterocycles. The SMILES string of the molecule is CCOc1ccc(NC(=O)c2ccc(C)c(F)c2)cc1S(=O)(=O)N1CCCC1. The van der Waals surface area contributed by atoms with Crippen molar-refractivity contribution in [1.82, 2.24) is 4.31 Å². The van der Waals surface area contributed by atoms with E-state index in [-0.39, 0.29) is 16.2 Å². The molecule has 1 fully saturated rings. The zero-order valence-electron chi connectivity index (χ0n) is 15.9. The smallest absolute Gasteiger partial charge is 0.255 e. The predicted octanol–water partition coefficient (Wildman–Crippen LogP) is 3.57. The summed E-state index contributed by atoms with van der Waals surface area (Å²) in [4.78, 5) is 12.5. The summed E-state index contributed by atoms with van der Waals surface area (Å²) >= 11 is 0. The van der Waals surface area contributed by atoms with E-state index in [2.05, 4.69) is 5.32 Å². The van der Waals surface area contributed by atoms with Gasteiger partial charge in [0.25, 0.3) is 5.91 Å². The van der Waals surface area contributed by atoms with Crippen LogP contribution in [0.3, 0.4) is 0 Å². The van der Waals surface area contributed by atoms with Crippen molar-refractivity contribution in [1.29, 1.82) is 0 Å². The summed E-state index contributed by atoms with van der Waals surface area (Å²) in [5, 5.41) is 2.63. The molecule has 1 heterocycles. The van der Waals surface area contributed by atoms with Gasteiger partial charge in [-0.05, 0) is 62.6 Å². The van der Waals surface area contributed by atoms with Gasteiger partial charge < -0.3 is 10.1 Å². The Labute approximate surface area is 164 Å². The number of carbonyl (C=O) groups excluding carboxylic acids is 1. The van der Waals surface area contributed by atoms with Crippen LogP contribution in [0.25, 0.3) is 0 Å². The van der Waals surface area contributed by atoms with Crippen molar-refractivity contribution >= 4 is 21.6 Å². The Hall–Kier alpha value is -2.45. The first-order chi connectivity index (χ1) is 13.3. The maximum atomic E-state index is 13.7. The molecular weight excluding hydrogens is 383 g/mol. The van der Waals surface area contributed by atoms with Gasteiger partial charge in [-0.1, -0.05) is 6.07 Å². The average Bonchev–Trinajstić information content (AvgIpc) is 3.21. The number of anilines is 1. The van der Waals surface area contributed by atoms with Gasteiger partial charge in [0, 0.05) is 24.3 Å². The molecule has 0 unspecified atom stereocenters. The highest BCUT2D eigenvalue weighted by Crippen LogP contribution is 2.31. The van der Waals surface area contributed by atoms with Crippen molar-refractivity contribution in [2.45, 2.75) is 31.6 Å². The van der Waals surface area contributed by atoms with E-state index in [4.69, 9.17) is 4.74 Å². The molecule has 28 heavy (non-hydrogen) atoms. The van der Waals surface area contributed by atoms with Crippen LogP contribution < -0.4 is 10.1 Å². The molecule has 0 aromatic heterocycles. The molecule has 0 atom stereocenters. The van der Waals surface area contributed by atoms with Crippen molar-refractivity contribution in [2.75, 3.05) is 25.0 Å². The Bertz CT molecular complexity index is 986. The number of hydrogen-bond donors (Lipinski definition) is 1. The molecule has 8 heteroatoms. The zero-order chi connectivity index (χ0) is 20.3. The summed E-state index contributed by atoms with van der Waals surface area (Å²) < 4.78 is 46.6. The lowest BCUT2D eigenvalue weighted by Gasteiger charge is -2.19. The van der Waals surface area contributed by atoms with E-state index in [1.54, 1.807) is 19.9 Å². The molecule has 0 saturated carbocycles. The number of amides is 1. The number of aryl methyl sites for hydroxylation is 1. The predicted molar refractivity (Wildman–Crippen MR) is 105 cm³/mol. The Morgan fingerprint density at radius 1 is 1.18 bits per heavy atom. The van der Waals surface area contributed by atoms with Crippen LogP contribution in [-0.4, -0.2) is 38.3 Å². The Balaban J connectivity index is 1.92. The molecule has 1 N–H and O–H groups in total. The van der Waals surface area contributed by atoms with Crippen LogP contribution in [0.5, 0.6) is 5.75 Å². The van der Waals surface area contributed by atoms with Gasteiger partial charge in [0.15, 0.2) is 0 Å². The van der Waals surface area contributed by atoms with Gasteiger partial charge in [-0.3, -0.25) is 4.79 Å². The van der Waals surface area contributed by atoms with Crippen molar-refractivity contribution in [2.24, 2.45) is 0 Å². The number of halogens is 1. The summed E-state index contributed by atoms with van der Waals surface area (Å²) in [6, 6.07) is 8.67. The topological polar surface area (TPSA) is 75.7 Å². The number of nitrogens with one attached hydrogen (secondary N) is 1. The summed E-state index contributed by atoms with van der Waals surface area (Å²) in [7, 11) is -3.73. The van der Waals surface area contributed by atoms with Gasteiger partial charge in [-0.2, -0.15) is 4.31 Å². The Morgan fingerprint density at radius 2 is 1.89 bits per heavy atom. The molecule has 0 bridgehead atoms. The lowest BCUT2D eigenvalue weighted by molar-refractivity contribution is 0.102. The summed E-state index contributed by atoms with van der Waals surface area (Å²) in [5.74, 6) is -0.752. The van der Waals surface area contributed by atoms with Crippen molar-refractivity contribution in [3.63, 3.8) is 0 Å². The largest absolute Gasteiger partial charge is 0.492 e. The highest BCUT2D eigenvalue weighted by Gasteiger charge is 2.30.